The van der Waals surface area contributed by atoms with Gasteiger partial charge in [0.25, 0.3) is 0 Å². The van der Waals surface area contributed by atoms with Crippen LogP contribution < -0.4 is 4.72 Å². The normalized spacial score (nSPS) is 14.7. The van der Waals surface area contributed by atoms with Gasteiger partial charge in [-0.3, -0.25) is 4.21 Å². The molecule has 0 aliphatic rings. The third-order valence-corrected chi connectivity index (χ3v) is 4.37. The molecule has 68 valence electrons. The van der Waals surface area contributed by atoms with Crippen LogP contribution in [0.5, 0.6) is 0 Å². The van der Waals surface area contributed by atoms with Crippen LogP contribution in [0, 0.1) is 0 Å². The van der Waals surface area contributed by atoms with Crippen molar-refractivity contribution in [3.8, 4) is 0 Å². The van der Waals surface area contributed by atoms with Gasteiger partial charge in [-0.2, -0.15) is 0 Å². The number of rotatable bonds is 5. The number of sulfonamides is 1. The second-order valence-electron chi connectivity index (χ2n) is 1.90. The third-order valence-electron chi connectivity index (χ3n) is 0.855. The molecule has 0 aromatic heterocycles. The van der Waals surface area contributed by atoms with E-state index >= 15 is 0 Å². The fraction of sp³-hybridized carbons (Fsp3) is 1.00. The molecule has 7 heteroatoms. The largest absolute Gasteiger partial charge is 0.260 e. The molecule has 0 radical (unpaired) electrons. The Bertz CT molecular complexity index is 225. The molecule has 1 unspecified atom stereocenters. The first-order chi connectivity index (χ1) is 4.98. The summed E-state index contributed by atoms with van der Waals surface area (Å²) in [4.78, 5) is 0. The standard InChI is InChI=1S/C4H10BrNO3S2/c1-10(7)3-2-6-11(8,9)4-5/h6H,2-4H2,1H3. The van der Waals surface area contributed by atoms with Gasteiger partial charge in [-0.25, -0.2) is 13.1 Å². The fourth-order valence-corrected chi connectivity index (χ4v) is 1.87. The van der Waals surface area contributed by atoms with Gasteiger partial charge in [0.15, 0.2) is 0 Å². The Balaban J connectivity index is 3.63. The molecule has 1 atom stereocenters. The van der Waals surface area contributed by atoms with E-state index < -0.39 is 20.8 Å². The van der Waals surface area contributed by atoms with Gasteiger partial charge in [0.2, 0.25) is 10.0 Å². The van der Waals surface area contributed by atoms with Crippen LogP contribution in [0.1, 0.15) is 0 Å². The van der Waals surface area contributed by atoms with E-state index in [1.807, 2.05) is 0 Å². The first-order valence-corrected chi connectivity index (χ1v) is 7.31. The van der Waals surface area contributed by atoms with E-state index in [2.05, 4.69) is 20.7 Å². The summed E-state index contributed by atoms with van der Waals surface area (Å²) in [7, 11) is -4.13. The lowest BCUT2D eigenvalue weighted by Crippen LogP contribution is -2.28. The monoisotopic (exact) mass is 263 g/mol. The van der Waals surface area contributed by atoms with E-state index in [-0.39, 0.29) is 11.2 Å². The van der Waals surface area contributed by atoms with E-state index in [9.17, 15) is 12.6 Å². The number of halogens is 1. The molecule has 4 nitrogen and oxygen atoms in total. The molecule has 0 bridgehead atoms. The number of nitrogens with one attached hydrogen (secondary N) is 1. The Morgan fingerprint density at radius 2 is 2.09 bits per heavy atom. The van der Waals surface area contributed by atoms with Crippen LogP contribution in [-0.4, -0.2) is 35.8 Å². The summed E-state index contributed by atoms with van der Waals surface area (Å²) >= 11 is 2.81. The Kier molecular flexibility index (Phi) is 5.49. The van der Waals surface area contributed by atoms with Gasteiger partial charge in [-0.1, -0.05) is 15.9 Å². The highest BCUT2D eigenvalue weighted by Gasteiger charge is 2.05. The predicted molar refractivity (Wildman–Crippen MR) is 49.6 cm³/mol. The Morgan fingerprint density at radius 3 is 2.45 bits per heavy atom. The zero-order chi connectivity index (χ0) is 8.91. The molecule has 0 saturated heterocycles. The van der Waals surface area contributed by atoms with E-state index in [0.29, 0.717) is 5.75 Å². The highest BCUT2D eigenvalue weighted by atomic mass is 79.9. The predicted octanol–water partition coefficient (Wildman–Crippen LogP) is -0.363. The van der Waals surface area contributed by atoms with Crippen molar-refractivity contribution in [3.63, 3.8) is 0 Å². The Morgan fingerprint density at radius 1 is 1.55 bits per heavy atom. The summed E-state index contributed by atoms with van der Waals surface area (Å²) in [6, 6.07) is 0. The Labute approximate surface area is 77.4 Å². The molecule has 0 aliphatic heterocycles. The summed E-state index contributed by atoms with van der Waals surface area (Å²) in [5.41, 5.74) is 0. The van der Waals surface area contributed by atoms with Crippen LogP contribution in [0.25, 0.3) is 0 Å². The van der Waals surface area contributed by atoms with Gasteiger partial charge in [0, 0.05) is 29.4 Å². The molecular formula is C4H10BrNO3S2. The number of hydrogen-bond donors (Lipinski definition) is 1. The molecule has 0 aliphatic carbocycles. The molecular weight excluding hydrogens is 254 g/mol. The van der Waals surface area contributed by atoms with Gasteiger partial charge in [-0.15, -0.1) is 0 Å². The van der Waals surface area contributed by atoms with Crippen LogP contribution >= 0.6 is 15.9 Å². The van der Waals surface area contributed by atoms with Crippen LogP contribution in [0.2, 0.25) is 0 Å². The molecule has 0 aromatic carbocycles. The molecule has 0 heterocycles. The average Bonchev–Trinajstić information content (AvgIpc) is 1.87. The number of alkyl halides is 1. The summed E-state index contributed by atoms with van der Waals surface area (Å²) in [5.74, 6) is 0.353. The van der Waals surface area contributed by atoms with Gasteiger partial charge in [0.05, 0.1) is 0 Å². The van der Waals surface area contributed by atoms with E-state index in [1.165, 1.54) is 6.26 Å². The maximum Gasteiger partial charge on any atom is 0.221 e. The van der Waals surface area contributed by atoms with E-state index in [4.69, 9.17) is 0 Å². The lowest BCUT2D eigenvalue weighted by atomic mass is 10.8. The molecule has 0 saturated carbocycles. The molecule has 0 amide bonds. The minimum atomic E-state index is -3.18. The highest BCUT2D eigenvalue weighted by Crippen LogP contribution is 1.89. The lowest BCUT2D eigenvalue weighted by Gasteiger charge is -2.00. The molecule has 0 aromatic rings. The van der Waals surface area contributed by atoms with Crippen LogP contribution in [0.4, 0.5) is 0 Å². The topological polar surface area (TPSA) is 63.2 Å². The number of hydrogen-bond acceptors (Lipinski definition) is 3. The molecule has 11 heavy (non-hydrogen) atoms. The summed E-state index contributed by atoms with van der Waals surface area (Å²) in [6.07, 6.45) is 1.53. The maximum absolute atomic E-state index is 10.7. The molecule has 0 fully saturated rings. The lowest BCUT2D eigenvalue weighted by molar-refractivity contribution is 0.589. The van der Waals surface area contributed by atoms with Crippen molar-refractivity contribution in [2.45, 2.75) is 0 Å². The summed E-state index contributed by atoms with van der Waals surface area (Å²) < 4.78 is 34.1. The first kappa shape index (κ1) is 11.5. The minimum Gasteiger partial charge on any atom is -0.260 e. The van der Waals surface area contributed by atoms with Crippen LogP contribution in [0.15, 0.2) is 0 Å². The SMILES string of the molecule is CS(=O)CCNS(=O)(=O)CBr. The average molecular weight is 264 g/mol. The third kappa shape index (κ3) is 6.92. The Hall–Kier alpha value is 0.540. The van der Waals surface area contributed by atoms with Gasteiger partial charge >= 0.3 is 0 Å². The van der Waals surface area contributed by atoms with Crippen LogP contribution in [-0.2, 0) is 20.8 Å². The van der Waals surface area contributed by atoms with Crippen molar-refractivity contribution < 1.29 is 12.6 Å². The van der Waals surface area contributed by atoms with Crippen molar-refractivity contribution in [1.29, 1.82) is 0 Å². The second kappa shape index (κ2) is 5.23. The summed E-state index contributed by atoms with van der Waals surface area (Å²) in [6.45, 7) is 0.233. The molecule has 0 spiro atoms. The second-order valence-corrected chi connectivity index (χ2v) is 6.56. The molecule has 0 rings (SSSR count). The zero-order valence-electron chi connectivity index (χ0n) is 6.04. The van der Waals surface area contributed by atoms with Crippen molar-refractivity contribution in [3.05, 3.63) is 0 Å². The van der Waals surface area contributed by atoms with E-state index in [1.54, 1.807) is 0 Å². The van der Waals surface area contributed by atoms with Crippen molar-refractivity contribution in [1.82, 2.24) is 4.72 Å². The fourth-order valence-electron chi connectivity index (χ4n) is 0.379. The maximum atomic E-state index is 10.7. The highest BCUT2D eigenvalue weighted by molar-refractivity contribution is 9.10. The molecule has 1 N–H and O–H groups in total. The van der Waals surface area contributed by atoms with Crippen LogP contribution in [0.3, 0.4) is 0 Å². The first-order valence-electron chi connectivity index (χ1n) is 2.81. The minimum absolute atomic E-state index is 0.115. The smallest absolute Gasteiger partial charge is 0.221 e. The van der Waals surface area contributed by atoms with Crippen molar-refractivity contribution in [2.24, 2.45) is 0 Å². The van der Waals surface area contributed by atoms with Crippen molar-refractivity contribution >= 4 is 36.8 Å². The summed E-state index contributed by atoms with van der Waals surface area (Å²) in [5, 5.41) is 0. The quantitative estimate of drug-likeness (QED) is 0.689. The van der Waals surface area contributed by atoms with Gasteiger partial charge < -0.3 is 0 Å². The van der Waals surface area contributed by atoms with E-state index in [0.717, 1.165) is 0 Å². The van der Waals surface area contributed by atoms with Gasteiger partial charge in [-0.05, 0) is 0 Å². The van der Waals surface area contributed by atoms with Crippen molar-refractivity contribution in [2.75, 3.05) is 23.2 Å². The van der Waals surface area contributed by atoms with Gasteiger partial charge in [0.1, 0.15) is 4.66 Å². The zero-order valence-corrected chi connectivity index (χ0v) is 9.26.